The number of rotatable bonds is 3. The molecule has 0 aromatic heterocycles. The molecule has 0 aliphatic carbocycles. The second-order valence-electron chi connectivity index (χ2n) is 4.42. The normalized spacial score (nSPS) is 13.9. The van der Waals surface area contributed by atoms with Crippen LogP contribution in [0.25, 0.3) is 0 Å². The Labute approximate surface area is 116 Å². The zero-order valence-corrected chi connectivity index (χ0v) is 11.2. The van der Waals surface area contributed by atoms with Crippen molar-refractivity contribution >= 4 is 23.4 Å². The third-order valence-electron chi connectivity index (χ3n) is 3.18. The summed E-state index contributed by atoms with van der Waals surface area (Å²) in [4.78, 5) is 24.7. The first kappa shape index (κ1) is 13.8. The van der Waals surface area contributed by atoms with Gasteiger partial charge in [0, 0.05) is 18.1 Å². The van der Waals surface area contributed by atoms with Crippen LogP contribution in [0, 0.1) is 0 Å². The van der Waals surface area contributed by atoms with Gasteiger partial charge in [-0.1, -0.05) is 23.7 Å². The number of benzene rings is 1. The van der Waals surface area contributed by atoms with E-state index in [1.807, 2.05) is 18.2 Å². The van der Waals surface area contributed by atoms with Crippen molar-refractivity contribution in [1.82, 2.24) is 10.2 Å². The van der Waals surface area contributed by atoms with Crippen molar-refractivity contribution in [2.75, 3.05) is 19.6 Å². The molecule has 1 aromatic rings. The van der Waals surface area contributed by atoms with Crippen LogP contribution >= 0.6 is 11.6 Å². The molecule has 1 aromatic carbocycles. The van der Waals surface area contributed by atoms with E-state index in [2.05, 4.69) is 5.32 Å². The van der Waals surface area contributed by atoms with Gasteiger partial charge >= 0.3 is 0 Å². The van der Waals surface area contributed by atoms with Gasteiger partial charge in [0.15, 0.2) is 0 Å². The summed E-state index contributed by atoms with van der Waals surface area (Å²) in [7, 11) is 0. The lowest BCUT2D eigenvalue weighted by Gasteiger charge is -2.29. The Morgan fingerprint density at radius 2 is 2.21 bits per heavy atom. The number of fused-ring (bicyclic) bond motifs is 1. The number of hydrogen-bond acceptors (Lipinski definition) is 3. The molecule has 0 radical (unpaired) electrons. The lowest BCUT2D eigenvalue weighted by Crippen LogP contribution is -2.43. The Kier molecular flexibility index (Phi) is 4.39. The zero-order chi connectivity index (χ0) is 13.8. The lowest BCUT2D eigenvalue weighted by atomic mass is 10.00. The summed E-state index contributed by atoms with van der Waals surface area (Å²) in [5.74, 6) is -0.429. The number of nitrogens with zero attached hydrogens (tertiary/aromatic N) is 1. The highest BCUT2D eigenvalue weighted by Crippen LogP contribution is 2.25. The minimum absolute atomic E-state index is 0.00800. The zero-order valence-electron chi connectivity index (χ0n) is 10.5. The minimum atomic E-state index is -0.325. The second kappa shape index (κ2) is 6.04. The summed E-state index contributed by atoms with van der Waals surface area (Å²) >= 11 is 6.12. The van der Waals surface area contributed by atoms with Crippen LogP contribution in [-0.2, 0) is 22.6 Å². The van der Waals surface area contributed by atoms with E-state index < -0.39 is 0 Å². The van der Waals surface area contributed by atoms with Crippen LogP contribution in [0.4, 0.5) is 0 Å². The number of amides is 2. The van der Waals surface area contributed by atoms with E-state index in [9.17, 15) is 9.59 Å². The molecule has 0 fully saturated rings. The SMILES string of the molecule is NCC(=O)NCC(=O)N1CCc2c(Cl)cccc2C1. The quantitative estimate of drug-likeness (QED) is 0.837. The van der Waals surface area contributed by atoms with Gasteiger partial charge in [-0.25, -0.2) is 0 Å². The highest BCUT2D eigenvalue weighted by Gasteiger charge is 2.21. The van der Waals surface area contributed by atoms with Crippen molar-refractivity contribution in [2.45, 2.75) is 13.0 Å². The molecule has 5 nitrogen and oxygen atoms in total. The van der Waals surface area contributed by atoms with Gasteiger partial charge in [0.25, 0.3) is 0 Å². The van der Waals surface area contributed by atoms with Crippen molar-refractivity contribution in [3.8, 4) is 0 Å². The van der Waals surface area contributed by atoms with Gasteiger partial charge in [0.2, 0.25) is 11.8 Å². The number of nitrogens with one attached hydrogen (secondary N) is 1. The molecule has 102 valence electrons. The van der Waals surface area contributed by atoms with Gasteiger partial charge in [-0.15, -0.1) is 0 Å². The fraction of sp³-hybridized carbons (Fsp3) is 0.385. The molecule has 0 spiro atoms. The summed E-state index contributed by atoms with van der Waals surface area (Å²) in [6.07, 6.45) is 0.742. The van der Waals surface area contributed by atoms with Crippen LogP contribution in [0.1, 0.15) is 11.1 Å². The van der Waals surface area contributed by atoms with Crippen LogP contribution in [-0.4, -0.2) is 36.3 Å². The van der Waals surface area contributed by atoms with Crippen LogP contribution < -0.4 is 11.1 Å². The van der Waals surface area contributed by atoms with E-state index in [1.165, 1.54) is 0 Å². The van der Waals surface area contributed by atoms with E-state index >= 15 is 0 Å². The first-order valence-corrected chi connectivity index (χ1v) is 6.50. The molecule has 19 heavy (non-hydrogen) atoms. The van der Waals surface area contributed by atoms with Crippen molar-refractivity contribution in [2.24, 2.45) is 5.73 Å². The van der Waals surface area contributed by atoms with E-state index in [4.69, 9.17) is 17.3 Å². The number of hydrogen-bond donors (Lipinski definition) is 2. The van der Waals surface area contributed by atoms with E-state index in [0.717, 1.165) is 22.6 Å². The summed E-state index contributed by atoms with van der Waals surface area (Å²) in [6.45, 7) is 1.04. The van der Waals surface area contributed by atoms with Crippen LogP contribution in [0.2, 0.25) is 5.02 Å². The predicted molar refractivity (Wildman–Crippen MR) is 72.6 cm³/mol. The summed E-state index contributed by atoms with van der Waals surface area (Å²) in [5.41, 5.74) is 7.34. The van der Waals surface area contributed by atoms with Crippen molar-refractivity contribution < 1.29 is 9.59 Å². The highest BCUT2D eigenvalue weighted by molar-refractivity contribution is 6.31. The first-order chi connectivity index (χ1) is 9.11. The smallest absolute Gasteiger partial charge is 0.242 e. The van der Waals surface area contributed by atoms with Gasteiger partial charge in [0.1, 0.15) is 0 Å². The van der Waals surface area contributed by atoms with Gasteiger partial charge in [0.05, 0.1) is 13.1 Å². The molecule has 3 N–H and O–H groups in total. The Morgan fingerprint density at radius 1 is 1.42 bits per heavy atom. The number of nitrogens with two attached hydrogens (primary N) is 1. The number of carbonyl (C=O) groups excluding carboxylic acids is 2. The molecule has 2 rings (SSSR count). The molecule has 6 heteroatoms. The molecule has 1 aliphatic heterocycles. The average molecular weight is 282 g/mol. The molecule has 1 heterocycles. The number of halogens is 1. The van der Waals surface area contributed by atoms with Crippen LogP contribution in [0.5, 0.6) is 0 Å². The Hall–Kier alpha value is -1.59. The highest BCUT2D eigenvalue weighted by atomic mass is 35.5. The van der Waals surface area contributed by atoms with Crippen molar-refractivity contribution in [1.29, 1.82) is 0 Å². The molecule has 0 bridgehead atoms. The maximum atomic E-state index is 12.0. The van der Waals surface area contributed by atoms with Gasteiger partial charge in [-0.3, -0.25) is 9.59 Å². The molecular formula is C13H16ClN3O2. The molecular weight excluding hydrogens is 266 g/mol. The average Bonchev–Trinajstić information content (AvgIpc) is 2.44. The summed E-state index contributed by atoms with van der Waals surface area (Å²) < 4.78 is 0. The van der Waals surface area contributed by atoms with Gasteiger partial charge in [-0.2, -0.15) is 0 Å². The van der Waals surface area contributed by atoms with Crippen LogP contribution in [0.15, 0.2) is 18.2 Å². The molecule has 0 atom stereocenters. The van der Waals surface area contributed by atoms with E-state index in [-0.39, 0.29) is 24.9 Å². The fourth-order valence-electron chi connectivity index (χ4n) is 2.13. The largest absolute Gasteiger partial charge is 0.346 e. The fourth-order valence-corrected chi connectivity index (χ4v) is 2.42. The minimum Gasteiger partial charge on any atom is -0.346 e. The van der Waals surface area contributed by atoms with Crippen molar-refractivity contribution in [3.05, 3.63) is 34.3 Å². The predicted octanol–water partition coefficient (Wildman–Crippen LogP) is 0.300. The lowest BCUT2D eigenvalue weighted by molar-refractivity contribution is -0.133. The molecule has 0 saturated heterocycles. The Bertz CT molecular complexity index is 505. The van der Waals surface area contributed by atoms with E-state index in [0.29, 0.717) is 13.1 Å². The van der Waals surface area contributed by atoms with Gasteiger partial charge in [-0.05, 0) is 23.6 Å². The summed E-state index contributed by atoms with van der Waals surface area (Å²) in [6, 6.07) is 5.71. The topological polar surface area (TPSA) is 75.4 Å². The van der Waals surface area contributed by atoms with Crippen molar-refractivity contribution in [3.63, 3.8) is 0 Å². The van der Waals surface area contributed by atoms with Gasteiger partial charge < -0.3 is 16.0 Å². The monoisotopic (exact) mass is 281 g/mol. The van der Waals surface area contributed by atoms with E-state index in [1.54, 1.807) is 4.90 Å². The molecule has 1 aliphatic rings. The number of carbonyl (C=O) groups is 2. The Morgan fingerprint density at radius 3 is 2.95 bits per heavy atom. The molecule has 0 unspecified atom stereocenters. The summed E-state index contributed by atoms with van der Waals surface area (Å²) in [5, 5.41) is 3.23. The van der Waals surface area contributed by atoms with Crippen LogP contribution in [0.3, 0.4) is 0 Å². The maximum absolute atomic E-state index is 12.0. The molecule has 2 amide bonds. The standard InChI is InChI=1S/C13H16ClN3O2/c14-11-3-1-2-9-8-17(5-4-10(9)11)13(19)7-16-12(18)6-15/h1-3H,4-8,15H2,(H,16,18). The first-order valence-electron chi connectivity index (χ1n) is 6.12. The Balaban J connectivity index is 1.98. The third kappa shape index (κ3) is 3.24. The second-order valence-corrected chi connectivity index (χ2v) is 4.83. The molecule has 0 saturated carbocycles. The third-order valence-corrected chi connectivity index (χ3v) is 3.54. The maximum Gasteiger partial charge on any atom is 0.242 e.